The van der Waals surface area contributed by atoms with Crippen LogP contribution in [0.15, 0.2) is 12.1 Å². The highest BCUT2D eigenvalue weighted by molar-refractivity contribution is 6.32. The van der Waals surface area contributed by atoms with E-state index in [0.717, 1.165) is 5.56 Å². The minimum atomic E-state index is -0.562. The summed E-state index contributed by atoms with van der Waals surface area (Å²) in [6.07, 6.45) is 0. The molecule has 7 nitrogen and oxygen atoms in total. The van der Waals surface area contributed by atoms with E-state index in [-0.39, 0.29) is 25.0 Å². The van der Waals surface area contributed by atoms with Gasteiger partial charge in [0.1, 0.15) is 6.04 Å². The molecular weight excluding hydrogens is 310 g/mol. The summed E-state index contributed by atoms with van der Waals surface area (Å²) in [5.74, 6) is 0.728. The van der Waals surface area contributed by atoms with Crippen LogP contribution >= 0.6 is 11.6 Å². The Kier molecular flexibility index (Phi) is 5.32. The molecule has 0 bridgehead atoms. The van der Waals surface area contributed by atoms with Crippen molar-refractivity contribution in [3.63, 3.8) is 0 Å². The summed E-state index contributed by atoms with van der Waals surface area (Å²) < 4.78 is 10.7. The minimum absolute atomic E-state index is 0.262. The molecule has 2 rings (SSSR count). The molecule has 1 fully saturated rings. The van der Waals surface area contributed by atoms with Crippen molar-refractivity contribution in [1.29, 1.82) is 0 Å². The number of ether oxygens (including phenoxy) is 2. The molecule has 22 heavy (non-hydrogen) atoms. The number of hydrogen-bond acceptors (Lipinski definition) is 4. The zero-order valence-electron chi connectivity index (χ0n) is 12.4. The topological polar surface area (TPSA) is 88.7 Å². The van der Waals surface area contributed by atoms with Crippen molar-refractivity contribution < 1.29 is 19.1 Å². The third-order valence-corrected chi connectivity index (χ3v) is 3.41. The van der Waals surface area contributed by atoms with Crippen molar-refractivity contribution in [3.05, 3.63) is 22.7 Å². The predicted octanol–water partition coefficient (Wildman–Crippen LogP) is 1.04. The molecule has 1 atom stereocenters. The molecule has 8 heteroatoms. The normalized spacial score (nSPS) is 16.7. The van der Waals surface area contributed by atoms with Gasteiger partial charge in [0.2, 0.25) is 5.91 Å². The smallest absolute Gasteiger partial charge is 0.315 e. The van der Waals surface area contributed by atoms with E-state index >= 15 is 0 Å². The van der Waals surface area contributed by atoms with Gasteiger partial charge in [-0.15, -0.1) is 0 Å². The number of halogens is 1. The van der Waals surface area contributed by atoms with E-state index < -0.39 is 6.04 Å². The van der Waals surface area contributed by atoms with E-state index in [1.54, 1.807) is 12.1 Å². The van der Waals surface area contributed by atoms with Gasteiger partial charge in [-0.3, -0.25) is 4.79 Å². The highest BCUT2D eigenvalue weighted by atomic mass is 35.5. The Hall–Kier alpha value is -2.15. The zero-order chi connectivity index (χ0) is 16.1. The van der Waals surface area contributed by atoms with Gasteiger partial charge in [-0.1, -0.05) is 11.6 Å². The highest BCUT2D eigenvalue weighted by Crippen LogP contribution is 2.36. The van der Waals surface area contributed by atoms with Gasteiger partial charge in [-0.25, -0.2) is 4.79 Å². The maximum Gasteiger partial charge on any atom is 0.315 e. The molecule has 120 valence electrons. The van der Waals surface area contributed by atoms with Gasteiger partial charge in [0, 0.05) is 13.1 Å². The average Bonchev–Trinajstić information content (AvgIpc) is 2.93. The summed E-state index contributed by atoms with van der Waals surface area (Å²) in [4.78, 5) is 22.9. The molecule has 0 aliphatic carbocycles. The van der Waals surface area contributed by atoms with Gasteiger partial charge in [0.05, 0.1) is 18.7 Å². The highest BCUT2D eigenvalue weighted by Gasteiger charge is 2.26. The Balaban J connectivity index is 2.02. The molecule has 3 N–H and O–H groups in total. The first-order chi connectivity index (χ1) is 10.5. The standard InChI is InChI=1S/C14H18ClN3O4/c1-3-22-12-9(15)4-8(5-11(12)21-2)6-16-13(19)10-7-17-14(20)18-10/h4-5,10H,3,6-7H2,1-2H3,(H,16,19)(H2,17,18,20)/t10-/m1/s1. The first-order valence-electron chi connectivity index (χ1n) is 6.86. The SMILES string of the molecule is CCOc1c(Cl)cc(CNC(=O)[C@H]2CNC(=O)N2)cc1OC. The van der Waals surface area contributed by atoms with E-state index in [4.69, 9.17) is 21.1 Å². The summed E-state index contributed by atoms with van der Waals surface area (Å²) in [7, 11) is 1.52. The number of carbonyl (C=O) groups is 2. The van der Waals surface area contributed by atoms with Crippen LogP contribution in [0.3, 0.4) is 0 Å². The number of methoxy groups -OCH3 is 1. The zero-order valence-corrected chi connectivity index (χ0v) is 13.1. The monoisotopic (exact) mass is 327 g/mol. The fourth-order valence-corrected chi connectivity index (χ4v) is 2.37. The van der Waals surface area contributed by atoms with Gasteiger partial charge in [0.15, 0.2) is 11.5 Å². The predicted molar refractivity (Wildman–Crippen MR) is 81.3 cm³/mol. The second-order valence-corrected chi connectivity index (χ2v) is 5.07. The largest absolute Gasteiger partial charge is 0.493 e. The van der Waals surface area contributed by atoms with Gasteiger partial charge >= 0.3 is 6.03 Å². The van der Waals surface area contributed by atoms with Gasteiger partial charge in [-0.05, 0) is 24.6 Å². The van der Waals surface area contributed by atoms with E-state index in [1.807, 2.05) is 6.92 Å². The van der Waals surface area contributed by atoms with E-state index in [9.17, 15) is 9.59 Å². The Bertz CT molecular complexity index is 579. The van der Waals surface area contributed by atoms with Gasteiger partial charge in [0.25, 0.3) is 0 Å². The Labute approximate surface area is 133 Å². The maximum absolute atomic E-state index is 11.9. The Morgan fingerprint density at radius 2 is 2.27 bits per heavy atom. The van der Waals surface area contributed by atoms with Crippen LogP contribution in [-0.2, 0) is 11.3 Å². The number of benzene rings is 1. The molecule has 1 aliphatic rings. The van der Waals surface area contributed by atoms with Crippen molar-refractivity contribution in [3.8, 4) is 11.5 Å². The molecule has 1 aliphatic heterocycles. The molecule has 1 saturated heterocycles. The number of urea groups is 1. The van der Waals surface area contributed by atoms with Crippen molar-refractivity contribution in [1.82, 2.24) is 16.0 Å². The second-order valence-electron chi connectivity index (χ2n) is 4.67. The lowest BCUT2D eigenvalue weighted by Crippen LogP contribution is -2.42. The fourth-order valence-electron chi connectivity index (χ4n) is 2.09. The van der Waals surface area contributed by atoms with E-state index in [2.05, 4.69) is 16.0 Å². The van der Waals surface area contributed by atoms with Crippen LogP contribution in [-0.4, -0.2) is 38.2 Å². The molecule has 0 saturated carbocycles. The molecule has 1 aromatic carbocycles. The lowest BCUT2D eigenvalue weighted by Gasteiger charge is -2.14. The van der Waals surface area contributed by atoms with Gasteiger partial charge < -0.3 is 25.4 Å². The summed E-state index contributed by atoms with van der Waals surface area (Å²) in [5.41, 5.74) is 0.774. The van der Waals surface area contributed by atoms with Crippen molar-refractivity contribution in [2.24, 2.45) is 0 Å². The van der Waals surface area contributed by atoms with E-state index in [0.29, 0.717) is 23.1 Å². The Morgan fingerprint density at radius 3 is 2.86 bits per heavy atom. The lowest BCUT2D eigenvalue weighted by molar-refractivity contribution is -0.122. The minimum Gasteiger partial charge on any atom is -0.493 e. The molecular formula is C14H18ClN3O4. The third-order valence-electron chi connectivity index (χ3n) is 3.13. The molecule has 0 aromatic heterocycles. The van der Waals surface area contributed by atoms with Crippen LogP contribution in [0.5, 0.6) is 11.5 Å². The molecule has 0 radical (unpaired) electrons. The summed E-state index contributed by atoms with van der Waals surface area (Å²) in [5, 5.41) is 8.21. The van der Waals surface area contributed by atoms with Crippen molar-refractivity contribution in [2.45, 2.75) is 19.5 Å². The Morgan fingerprint density at radius 1 is 1.50 bits per heavy atom. The average molecular weight is 328 g/mol. The van der Waals surface area contributed by atoms with Crippen LogP contribution in [0, 0.1) is 0 Å². The first-order valence-corrected chi connectivity index (χ1v) is 7.24. The van der Waals surface area contributed by atoms with Crippen LogP contribution in [0.1, 0.15) is 12.5 Å². The third kappa shape index (κ3) is 3.73. The summed E-state index contributed by atoms with van der Waals surface area (Å²) in [6, 6.07) is 2.56. The number of rotatable bonds is 6. The second kappa shape index (κ2) is 7.22. The molecule has 3 amide bonds. The summed E-state index contributed by atoms with van der Waals surface area (Å²) in [6.45, 7) is 2.88. The molecule has 0 spiro atoms. The van der Waals surface area contributed by atoms with E-state index in [1.165, 1.54) is 7.11 Å². The first kappa shape index (κ1) is 16.2. The molecule has 0 unspecified atom stereocenters. The quantitative estimate of drug-likeness (QED) is 0.728. The number of hydrogen-bond donors (Lipinski definition) is 3. The van der Waals surface area contributed by atoms with Crippen LogP contribution in [0.25, 0.3) is 0 Å². The van der Waals surface area contributed by atoms with Crippen LogP contribution < -0.4 is 25.4 Å². The number of nitrogens with one attached hydrogen (secondary N) is 3. The number of amides is 3. The van der Waals surface area contributed by atoms with Crippen LogP contribution in [0.2, 0.25) is 5.02 Å². The lowest BCUT2D eigenvalue weighted by atomic mass is 10.2. The van der Waals surface area contributed by atoms with Crippen molar-refractivity contribution >= 4 is 23.5 Å². The van der Waals surface area contributed by atoms with Gasteiger partial charge in [-0.2, -0.15) is 0 Å². The fraction of sp³-hybridized carbons (Fsp3) is 0.429. The number of carbonyl (C=O) groups excluding carboxylic acids is 2. The maximum atomic E-state index is 11.9. The summed E-state index contributed by atoms with van der Waals surface area (Å²) >= 11 is 6.17. The molecule has 1 heterocycles. The molecule has 1 aromatic rings. The van der Waals surface area contributed by atoms with Crippen molar-refractivity contribution in [2.75, 3.05) is 20.3 Å². The van der Waals surface area contributed by atoms with Crippen LogP contribution in [0.4, 0.5) is 4.79 Å².